The zero-order chi connectivity index (χ0) is 29.6. The van der Waals surface area contributed by atoms with E-state index in [1.807, 2.05) is 6.07 Å². The van der Waals surface area contributed by atoms with E-state index < -0.39 is 19.5 Å². The number of phenolic OH excluding ortho intramolecular Hbond substituents is 1. The Morgan fingerprint density at radius 2 is 0.800 bits per heavy atom. The molecule has 4 heteroatoms. The van der Waals surface area contributed by atoms with Crippen molar-refractivity contribution < 1.29 is 31.6 Å². The molecule has 4 aromatic rings. The second kappa shape index (κ2) is 14.2. The predicted octanol–water partition coefficient (Wildman–Crippen LogP) is 10.2. The Hall–Kier alpha value is -2.85. The molecular weight excluding hydrogens is 528 g/mol. The van der Waals surface area contributed by atoms with Crippen molar-refractivity contribution in [3.63, 3.8) is 0 Å². The summed E-state index contributed by atoms with van der Waals surface area (Å²) in [6, 6.07) is 28.6. The van der Waals surface area contributed by atoms with Crippen molar-refractivity contribution in [1.82, 2.24) is 0 Å². The van der Waals surface area contributed by atoms with Gasteiger partial charge in [-0.25, -0.2) is 0 Å². The third kappa shape index (κ3) is 7.26. The monoisotopic (exact) mass is 571 g/mol. The van der Waals surface area contributed by atoms with Gasteiger partial charge in [0.25, 0.3) is 0 Å². The van der Waals surface area contributed by atoms with Gasteiger partial charge in [0.2, 0.25) is 0 Å². The molecule has 0 aliphatic rings. The van der Waals surface area contributed by atoms with Crippen molar-refractivity contribution in [1.29, 1.82) is 0 Å². The van der Waals surface area contributed by atoms with E-state index in [0.29, 0.717) is 23.5 Å². The Kier molecular flexibility index (Phi) is 11.2. The fourth-order valence-electron chi connectivity index (χ4n) is 5.14. The summed E-state index contributed by atoms with van der Waals surface area (Å²) in [7, 11) is 0. The zero-order valence-electron chi connectivity index (χ0n) is 25.1. The summed E-state index contributed by atoms with van der Waals surface area (Å²) in [5, 5.41) is 11.5. The fourth-order valence-corrected chi connectivity index (χ4v) is 5.14. The first kappa shape index (κ1) is 31.7. The molecule has 40 heavy (non-hydrogen) atoms. The van der Waals surface area contributed by atoms with Gasteiger partial charge in [0.05, 0.1) is 0 Å². The molecule has 0 aliphatic heterocycles. The average molecular weight is 572 g/mol. The van der Waals surface area contributed by atoms with Crippen molar-refractivity contribution in [3.05, 3.63) is 101 Å². The molecule has 0 amide bonds. The number of aromatic hydroxyl groups is 1. The number of rotatable bonds is 7. The molecule has 0 saturated heterocycles. The van der Waals surface area contributed by atoms with Gasteiger partial charge in [0.1, 0.15) is 5.75 Å². The van der Waals surface area contributed by atoms with Gasteiger partial charge in [-0.05, 0) is 74.2 Å². The third-order valence-corrected chi connectivity index (χ3v) is 7.56. The van der Waals surface area contributed by atoms with Gasteiger partial charge in [-0.2, -0.15) is 0 Å². The molecule has 0 spiro atoms. The molecule has 0 saturated carbocycles. The molecule has 0 bridgehead atoms. The summed E-state index contributed by atoms with van der Waals surface area (Å²) in [6.45, 7) is 17.8. The van der Waals surface area contributed by atoms with Gasteiger partial charge >= 0.3 is 26.5 Å². The van der Waals surface area contributed by atoms with E-state index in [-0.39, 0.29) is 5.92 Å². The summed E-state index contributed by atoms with van der Waals surface area (Å²) < 4.78 is 15.8. The Labute approximate surface area is 250 Å². The van der Waals surface area contributed by atoms with Crippen LogP contribution in [0.15, 0.2) is 78.9 Å². The standard InChI is InChI=1S/C36H42O.H2O.O.Ti/c1-22(2)26-9-15-29(16-10-26)34-32(25(7)8)21-33(37)35(30-17-11-27(12-18-30)23(3)4)36(34)31-19-13-28(14-20-31)24(5)6;;;/h9-25,37H,1-8H3;1H2;;/q;;;+1/p-1. The first-order chi connectivity index (χ1) is 19.0. The molecule has 4 rings (SSSR count). The van der Waals surface area contributed by atoms with Gasteiger partial charge in [-0.3, -0.25) is 0 Å². The topological polar surface area (TPSA) is 57.5 Å². The second-order valence-corrected chi connectivity index (χ2v) is 12.0. The van der Waals surface area contributed by atoms with Crippen LogP contribution in [0.4, 0.5) is 0 Å². The number of benzene rings is 4. The van der Waals surface area contributed by atoms with Crippen LogP contribution in [0.2, 0.25) is 0 Å². The molecule has 0 aliphatic carbocycles. The molecule has 4 aromatic carbocycles. The van der Waals surface area contributed by atoms with Gasteiger partial charge in [0, 0.05) is 11.1 Å². The van der Waals surface area contributed by atoms with Crippen molar-refractivity contribution >= 4 is 0 Å². The number of hydrogen-bond donors (Lipinski definition) is 2. The van der Waals surface area contributed by atoms with Crippen molar-refractivity contribution in [3.8, 4) is 39.1 Å². The van der Waals surface area contributed by atoms with E-state index in [4.69, 9.17) is 7.01 Å². The Balaban J connectivity index is 0.00000141. The molecule has 209 valence electrons. The van der Waals surface area contributed by atoms with Gasteiger partial charge < -0.3 is 5.11 Å². The summed E-state index contributed by atoms with van der Waals surface area (Å²) in [4.78, 5) is 0. The van der Waals surface area contributed by atoms with Crippen LogP contribution in [-0.2, 0) is 22.8 Å². The number of phenols is 1. The van der Waals surface area contributed by atoms with E-state index in [1.54, 1.807) is 0 Å². The number of hydrogen-bond acceptors (Lipinski definition) is 2. The molecular formula is C36H43O3Ti. The second-order valence-electron chi connectivity index (χ2n) is 11.7. The SMILES string of the molecule is CC(C)c1ccc(-c2c(O)cc(C(C)C)c(-c3ccc(C(C)C)cc3)c2-c2ccc(C(C)C)cc2)cc1.[O]=[Ti][OH]. The van der Waals surface area contributed by atoms with Crippen LogP contribution in [0.3, 0.4) is 0 Å². The van der Waals surface area contributed by atoms with Crippen LogP contribution in [0, 0.1) is 0 Å². The first-order valence-corrected chi connectivity index (χ1v) is 15.6. The van der Waals surface area contributed by atoms with E-state index in [0.717, 1.165) is 22.3 Å². The molecule has 0 fully saturated rings. The quantitative estimate of drug-likeness (QED) is 0.217. The van der Waals surface area contributed by atoms with Crippen LogP contribution in [0.5, 0.6) is 5.75 Å². The van der Waals surface area contributed by atoms with E-state index in [1.165, 1.54) is 33.4 Å². The summed E-state index contributed by atoms with van der Waals surface area (Å²) >= 11 is -1.75. The van der Waals surface area contributed by atoms with Crippen LogP contribution < -0.4 is 0 Å². The average Bonchev–Trinajstić information content (AvgIpc) is 2.93. The summed E-state index contributed by atoms with van der Waals surface area (Å²) in [5.74, 6) is 2.01. The maximum absolute atomic E-state index is 11.5. The van der Waals surface area contributed by atoms with Crippen LogP contribution in [0.1, 0.15) is 101 Å². The van der Waals surface area contributed by atoms with Crippen molar-refractivity contribution in [2.45, 2.75) is 79.1 Å². The zero-order valence-corrected chi connectivity index (χ0v) is 26.7. The third-order valence-electron chi connectivity index (χ3n) is 7.56. The molecule has 0 unspecified atom stereocenters. The molecule has 0 heterocycles. The minimum absolute atomic E-state index is 0.261. The van der Waals surface area contributed by atoms with Gasteiger partial charge in [-0.1, -0.05) is 128 Å². The van der Waals surface area contributed by atoms with Crippen LogP contribution in [0.25, 0.3) is 33.4 Å². The molecule has 3 nitrogen and oxygen atoms in total. The van der Waals surface area contributed by atoms with Crippen LogP contribution >= 0.6 is 0 Å². The molecule has 0 aromatic heterocycles. The van der Waals surface area contributed by atoms with E-state index in [9.17, 15) is 5.11 Å². The fraction of sp³-hybridized carbons (Fsp3) is 0.333. The van der Waals surface area contributed by atoms with Crippen molar-refractivity contribution in [2.75, 3.05) is 0 Å². The summed E-state index contributed by atoms with van der Waals surface area (Å²) in [5.41, 5.74) is 11.7. The van der Waals surface area contributed by atoms with Crippen molar-refractivity contribution in [2.24, 2.45) is 0 Å². The minimum atomic E-state index is -1.75. The Morgan fingerprint density at radius 1 is 0.500 bits per heavy atom. The van der Waals surface area contributed by atoms with E-state index in [2.05, 4.69) is 128 Å². The Morgan fingerprint density at radius 3 is 1.10 bits per heavy atom. The van der Waals surface area contributed by atoms with Gasteiger partial charge in [-0.15, -0.1) is 0 Å². The summed E-state index contributed by atoms with van der Waals surface area (Å²) in [6.07, 6.45) is 0. The Bertz CT molecular complexity index is 1400. The maximum atomic E-state index is 11.5. The van der Waals surface area contributed by atoms with Gasteiger partial charge in [0.15, 0.2) is 0 Å². The molecule has 2 N–H and O–H groups in total. The normalized spacial score (nSPS) is 11.1. The first-order valence-electron chi connectivity index (χ1n) is 14.2. The molecule has 0 atom stereocenters. The predicted molar refractivity (Wildman–Crippen MR) is 164 cm³/mol. The molecule has 0 radical (unpaired) electrons. The van der Waals surface area contributed by atoms with E-state index >= 15 is 0 Å². The van der Waals surface area contributed by atoms with Crippen LogP contribution in [-0.4, -0.2) is 8.79 Å².